The summed E-state index contributed by atoms with van der Waals surface area (Å²) in [6.45, 7) is 5.36. The van der Waals surface area contributed by atoms with Crippen LogP contribution in [0.15, 0.2) is 85.2 Å². The number of nitrogens with one attached hydrogen (secondary N) is 1. The Kier molecular flexibility index (Phi) is 6.60. The van der Waals surface area contributed by atoms with E-state index in [4.69, 9.17) is 4.74 Å². The van der Waals surface area contributed by atoms with E-state index in [1.54, 1.807) is 29.2 Å². The van der Waals surface area contributed by atoms with Crippen LogP contribution in [0.5, 0.6) is 0 Å². The third-order valence-corrected chi connectivity index (χ3v) is 6.73. The number of carbonyl (C=O) groups excluding carboxylic acids is 2. The second-order valence-electron chi connectivity index (χ2n) is 9.04. The van der Waals surface area contributed by atoms with Gasteiger partial charge in [0.15, 0.2) is 0 Å². The van der Waals surface area contributed by atoms with Gasteiger partial charge >= 0.3 is 5.97 Å². The molecule has 5 aromatic rings. The first-order chi connectivity index (χ1) is 17.9. The smallest absolute Gasteiger partial charge is 0.338 e. The molecular weight excluding hydrogens is 464 g/mol. The lowest BCUT2D eigenvalue weighted by atomic mass is 10.1. The highest BCUT2D eigenvalue weighted by atomic mass is 16.5. The number of nitrogens with zero attached hydrogens (tertiary/aromatic N) is 3. The molecule has 0 unspecified atom stereocenters. The molecular formula is C30H28N4O3. The molecule has 0 saturated heterocycles. The summed E-state index contributed by atoms with van der Waals surface area (Å²) in [5.74, 6) is -0.598. The number of amides is 1. The van der Waals surface area contributed by atoms with Crippen molar-refractivity contribution in [3.63, 3.8) is 0 Å². The fourth-order valence-electron chi connectivity index (χ4n) is 4.62. The lowest BCUT2D eigenvalue weighted by Gasteiger charge is -2.09. The lowest BCUT2D eigenvalue weighted by Crippen LogP contribution is -2.11. The van der Waals surface area contributed by atoms with E-state index in [2.05, 4.69) is 41.0 Å². The molecule has 37 heavy (non-hydrogen) atoms. The summed E-state index contributed by atoms with van der Waals surface area (Å²) in [7, 11) is 1.36. The number of rotatable bonds is 7. The number of benzene rings is 3. The molecule has 1 N–H and O–H groups in total. The minimum Gasteiger partial charge on any atom is -0.465 e. The Labute approximate surface area is 215 Å². The fourth-order valence-corrected chi connectivity index (χ4v) is 4.62. The Balaban J connectivity index is 1.34. The van der Waals surface area contributed by atoms with Crippen molar-refractivity contribution in [2.75, 3.05) is 12.4 Å². The van der Waals surface area contributed by atoms with E-state index in [0.717, 1.165) is 28.6 Å². The molecule has 0 aliphatic heterocycles. The number of esters is 1. The van der Waals surface area contributed by atoms with E-state index in [0.29, 0.717) is 23.4 Å². The molecule has 186 valence electrons. The Morgan fingerprint density at radius 3 is 2.49 bits per heavy atom. The van der Waals surface area contributed by atoms with Crippen molar-refractivity contribution in [1.29, 1.82) is 0 Å². The van der Waals surface area contributed by atoms with E-state index in [1.807, 2.05) is 48.5 Å². The normalized spacial score (nSPS) is 11.0. The monoisotopic (exact) mass is 492 g/mol. The number of aromatic nitrogens is 3. The molecule has 0 saturated carbocycles. The van der Waals surface area contributed by atoms with Crippen LogP contribution in [0.25, 0.3) is 10.9 Å². The van der Waals surface area contributed by atoms with Gasteiger partial charge in [0, 0.05) is 34.9 Å². The summed E-state index contributed by atoms with van der Waals surface area (Å²) in [5.41, 5.74) is 7.12. The quantitative estimate of drug-likeness (QED) is 0.301. The van der Waals surface area contributed by atoms with Crippen LogP contribution in [0.1, 0.15) is 43.1 Å². The van der Waals surface area contributed by atoms with Crippen molar-refractivity contribution in [3.05, 3.63) is 119 Å². The highest BCUT2D eigenvalue weighted by Crippen LogP contribution is 2.27. The maximum atomic E-state index is 13.1. The fraction of sp³-hybridized carbons (Fsp3) is 0.167. The zero-order valence-corrected chi connectivity index (χ0v) is 21.1. The summed E-state index contributed by atoms with van der Waals surface area (Å²) in [5, 5.41) is 8.35. The first kappa shape index (κ1) is 24.1. The van der Waals surface area contributed by atoms with Gasteiger partial charge in [0.25, 0.3) is 5.91 Å². The number of ether oxygens (including phenoxy) is 1. The Hall–Kier alpha value is -4.65. The third kappa shape index (κ3) is 4.89. The van der Waals surface area contributed by atoms with Crippen LogP contribution in [0.3, 0.4) is 0 Å². The minimum atomic E-state index is -0.394. The molecule has 2 aromatic heterocycles. The second kappa shape index (κ2) is 10.1. The largest absolute Gasteiger partial charge is 0.465 e. The Morgan fingerprint density at radius 2 is 1.70 bits per heavy atom. The van der Waals surface area contributed by atoms with Gasteiger partial charge in [-0.25, -0.2) is 4.79 Å². The first-order valence-corrected chi connectivity index (χ1v) is 12.1. The summed E-state index contributed by atoms with van der Waals surface area (Å²) in [6, 6.07) is 23.4. The van der Waals surface area contributed by atoms with Crippen molar-refractivity contribution in [3.8, 4) is 0 Å². The second-order valence-corrected chi connectivity index (χ2v) is 9.04. The summed E-state index contributed by atoms with van der Waals surface area (Å²) >= 11 is 0. The van der Waals surface area contributed by atoms with Crippen molar-refractivity contribution in [2.45, 2.75) is 26.9 Å². The zero-order chi connectivity index (χ0) is 25.9. The number of aryl methyl sites for hydroxylation is 1. The lowest BCUT2D eigenvalue weighted by molar-refractivity contribution is 0.0599. The number of methoxy groups -OCH3 is 1. The average Bonchev–Trinajstić information content (AvgIpc) is 3.46. The molecule has 0 bridgehead atoms. The van der Waals surface area contributed by atoms with Gasteiger partial charge < -0.3 is 14.6 Å². The molecule has 0 spiro atoms. The van der Waals surface area contributed by atoms with E-state index >= 15 is 0 Å². The van der Waals surface area contributed by atoms with Crippen molar-refractivity contribution < 1.29 is 14.3 Å². The number of hydrogen-bond acceptors (Lipinski definition) is 4. The molecule has 1 amide bonds. The van der Waals surface area contributed by atoms with Crippen molar-refractivity contribution in [2.24, 2.45) is 0 Å². The van der Waals surface area contributed by atoms with Gasteiger partial charge in [0.1, 0.15) is 0 Å². The predicted octanol–water partition coefficient (Wildman–Crippen LogP) is 5.59. The van der Waals surface area contributed by atoms with Crippen molar-refractivity contribution >= 4 is 28.5 Å². The Bertz CT molecular complexity index is 1600. The van der Waals surface area contributed by atoms with Crippen LogP contribution in [-0.2, 0) is 17.8 Å². The highest BCUT2D eigenvalue weighted by Gasteiger charge is 2.16. The number of fused-ring (bicyclic) bond motifs is 1. The van der Waals surface area contributed by atoms with E-state index < -0.39 is 5.97 Å². The molecule has 3 aromatic carbocycles. The Morgan fingerprint density at radius 1 is 0.946 bits per heavy atom. The molecule has 0 aliphatic carbocycles. The average molecular weight is 493 g/mol. The van der Waals surface area contributed by atoms with Crippen LogP contribution < -0.4 is 5.32 Å². The van der Waals surface area contributed by atoms with Gasteiger partial charge in [0.2, 0.25) is 0 Å². The van der Waals surface area contributed by atoms with Gasteiger partial charge in [-0.15, -0.1) is 0 Å². The summed E-state index contributed by atoms with van der Waals surface area (Å²) in [6.07, 6.45) is 3.35. The maximum absolute atomic E-state index is 13.1. The molecule has 0 fully saturated rings. The summed E-state index contributed by atoms with van der Waals surface area (Å²) < 4.78 is 8.84. The van der Waals surface area contributed by atoms with Gasteiger partial charge in [-0.2, -0.15) is 5.10 Å². The minimum absolute atomic E-state index is 0.204. The first-order valence-electron chi connectivity index (χ1n) is 12.1. The van der Waals surface area contributed by atoms with Gasteiger partial charge in [0.05, 0.1) is 31.1 Å². The molecule has 7 heteroatoms. The summed E-state index contributed by atoms with van der Waals surface area (Å²) in [4.78, 5) is 25.1. The van der Waals surface area contributed by atoms with Crippen LogP contribution in [-0.4, -0.2) is 33.3 Å². The molecule has 7 nitrogen and oxygen atoms in total. The van der Waals surface area contributed by atoms with E-state index in [1.165, 1.54) is 18.4 Å². The number of carbonyl (C=O) groups is 2. The van der Waals surface area contributed by atoms with E-state index in [-0.39, 0.29) is 5.91 Å². The molecule has 2 heterocycles. The number of anilines is 1. The van der Waals surface area contributed by atoms with Crippen LogP contribution in [0.4, 0.5) is 5.69 Å². The highest BCUT2D eigenvalue weighted by molar-refractivity contribution is 6.06. The van der Waals surface area contributed by atoms with Crippen LogP contribution in [0, 0.1) is 13.8 Å². The zero-order valence-electron chi connectivity index (χ0n) is 21.1. The van der Waals surface area contributed by atoms with E-state index in [9.17, 15) is 9.59 Å². The third-order valence-electron chi connectivity index (χ3n) is 6.73. The SMILES string of the molecule is COC(=O)c1ccccc1Cn1cc(NC(=O)c2ccc3c(c2)c(C)c(C)n3Cc2ccccc2)cn1. The predicted molar refractivity (Wildman–Crippen MR) is 144 cm³/mol. The molecule has 5 rings (SSSR count). The van der Waals surface area contributed by atoms with Gasteiger partial charge in [-0.3, -0.25) is 9.48 Å². The number of hydrogen-bond donors (Lipinski definition) is 1. The molecule has 0 aliphatic rings. The van der Waals surface area contributed by atoms with Gasteiger partial charge in [-0.1, -0.05) is 48.5 Å². The standard InChI is InChI=1S/C30H28N4O3/c1-20-21(2)34(17-22-9-5-4-6-10-22)28-14-13-23(15-27(20)28)29(35)32-25-16-31-33(19-25)18-24-11-7-8-12-26(24)30(36)37-3/h4-16,19H,17-18H2,1-3H3,(H,32,35). The molecule has 0 radical (unpaired) electrons. The molecule has 0 atom stereocenters. The van der Waals surface area contributed by atoms with Crippen LogP contribution in [0.2, 0.25) is 0 Å². The topological polar surface area (TPSA) is 78.1 Å². The van der Waals surface area contributed by atoms with Crippen molar-refractivity contribution in [1.82, 2.24) is 14.3 Å². The van der Waals surface area contributed by atoms with Crippen LogP contribution >= 0.6 is 0 Å². The van der Waals surface area contributed by atoms with Gasteiger partial charge in [-0.05, 0) is 54.8 Å². The maximum Gasteiger partial charge on any atom is 0.338 e.